The summed E-state index contributed by atoms with van der Waals surface area (Å²) < 4.78 is 28.1. The molecule has 19 heavy (non-hydrogen) atoms. The molecule has 0 radical (unpaired) electrons. The average molecular weight is 273 g/mol. The highest BCUT2D eigenvalue weighted by Gasteiger charge is 2.11. The number of carbonyl (C=O) groups is 2. The second-order valence-corrected chi connectivity index (χ2v) is 3.61. The Morgan fingerprint density at radius 3 is 2.63 bits per heavy atom. The maximum atomic E-state index is 11.8. The molecule has 0 heterocycles. The maximum Gasteiger partial charge on any atom is 0.337 e. The van der Waals surface area contributed by atoms with Crippen molar-refractivity contribution >= 4 is 17.6 Å². The van der Waals surface area contributed by atoms with E-state index in [2.05, 4.69) is 10.1 Å². The van der Waals surface area contributed by atoms with Crippen LogP contribution in [-0.4, -0.2) is 36.6 Å². The zero-order valence-corrected chi connectivity index (χ0v) is 9.94. The Balaban J connectivity index is 2.46. The Hall–Kier alpha value is -2.02. The normalized spacial score (nSPS) is 10.5. The lowest BCUT2D eigenvalue weighted by Crippen LogP contribution is -2.17. The Morgan fingerprint density at radius 2 is 2.00 bits per heavy atom. The van der Waals surface area contributed by atoms with Crippen molar-refractivity contribution < 1.29 is 28.2 Å². The molecule has 1 amide bonds. The van der Waals surface area contributed by atoms with Crippen LogP contribution in [-0.2, 0) is 9.53 Å². The van der Waals surface area contributed by atoms with Crippen molar-refractivity contribution in [2.75, 3.05) is 18.5 Å². The molecule has 0 saturated carbocycles. The summed E-state index contributed by atoms with van der Waals surface area (Å²) in [6.45, 7) is -0.871. The van der Waals surface area contributed by atoms with Crippen LogP contribution in [0.4, 0.5) is 14.5 Å². The molecule has 0 aliphatic rings. The van der Waals surface area contributed by atoms with Crippen LogP contribution in [0.25, 0.3) is 0 Å². The van der Waals surface area contributed by atoms with Crippen molar-refractivity contribution in [2.45, 2.75) is 12.8 Å². The fourth-order valence-electron chi connectivity index (χ4n) is 1.33. The van der Waals surface area contributed by atoms with Gasteiger partial charge in [0.1, 0.15) is 6.61 Å². The van der Waals surface area contributed by atoms with Gasteiger partial charge in [0.25, 0.3) is 6.43 Å². The summed E-state index contributed by atoms with van der Waals surface area (Å²) in [4.78, 5) is 22.3. The zero-order valence-electron chi connectivity index (χ0n) is 9.94. The largest absolute Gasteiger partial charge is 0.478 e. The highest BCUT2D eigenvalue weighted by molar-refractivity contribution is 6.00. The minimum Gasteiger partial charge on any atom is -0.478 e. The molecule has 1 aromatic carbocycles. The summed E-state index contributed by atoms with van der Waals surface area (Å²) in [6, 6.07) is 5.91. The summed E-state index contributed by atoms with van der Waals surface area (Å²) in [5.74, 6) is -1.66. The summed E-state index contributed by atoms with van der Waals surface area (Å²) in [7, 11) is 0. The first kappa shape index (κ1) is 15.0. The van der Waals surface area contributed by atoms with Crippen LogP contribution < -0.4 is 5.32 Å². The number of carbonyl (C=O) groups excluding carboxylic acids is 1. The van der Waals surface area contributed by atoms with Gasteiger partial charge in [0, 0.05) is 0 Å². The second-order valence-electron chi connectivity index (χ2n) is 3.61. The van der Waals surface area contributed by atoms with Crippen molar-refractivity contribution in [2.24, 2.45) is 0 Å². The molecule has 0 unspecified atom stereocenters. The van der Waals surface area contributed by atoms with Crippen molar-refractivity contribution in [3.05, 3.63) is 29.8 Å². The Bertz CT molecular complexity index is 451. The predicted octanol–water partition coefficient (Wildman–Crippen LogP) is 2.00. The van der Waals surface area contributed by atoms with Gasteiger partial charge in [-0.2, -0.15) is 0 Å². The Morgan fingerprint density at radius 1 is 1.32 bits per heavy atom. The molecule has 0 bridgehead atoms. The molecule has 0 fully saturated rings. The van der Waals surface area contributed by atoms with Gasteiger partial charge in [-0.25, -0.2) is 13.6 Å². The van der Waals surface area contributed by atoms with Crippen molar-refractivity contribution in [3.8, 4) is 0 Å². The van der Waals surface area contributed by atoms with Crippen molar-refractivity contribution in [1.82, 2.24) is 0 Å². The van der Waals surface area contributed by atoms with E-state index in [0.717, 1.165) is 0 Å². The smallest absolute Gasteiger partial charge is 0.337 e. The molecular formula is C12H13F2NO4. The van der Waals surface area contributed by atoms with Crippen LogP contribution in [0.3, 0.4) is 0 Å². The van der Waals surface area contributed by atoms with Gasteiger partial charge in [0.2, 0.25) is 5.91 Å². The van der Waals surface area contributed by atoms with E-state index in [1.807, 2.05) is 0 Å². The van der Waals surface area contributed by atoms with Gasteiger partial charge in [-0.15, -0.1) is 0 Å². The number of rotatable bonds is 7. The first-order valence-corrected chi connectivity index (χ1v) is 5.48. The monoisotopic (exact) mass is 273 g/mol. The van der Waals surface area contributed by atoms with E-state index >= 15 is 0 Å². The van der Waals surface area contributed by atoms with E-state index in [1.54, 1.807) is 6.07 Å². The van der Waals surface area contributed by atoms with E-state index in [0.29, 0.717) is 0 Å². The lowest BCUT2D eigenvalue weighted by Gasteiger charge is -2.08. The zero-order chi connectivity index (χ0) is 14.3. The minimum atomic E-state index is -2.57. The number of aromatic carboxylic acids is 1. The molecule has 7 heteroatoms. The maximum absolute atomic E-state index is 11.8. The molecule has 0 atom stereocenters. The van der Waals surface area contributed by atoms with E-state index in [9.17, 15) is 18.4 Å². The lowest BCUT2D eigenvalue weighted by molar-refractivity contribution is -0.117. The van der Waals surface area contributed by atoms with E-state index in [-0.39, 0.29) is 24.3 Å². The van der Waals surface area contributed by atoms with Crippen LogP contribution in [0.2, 0.25) is 0 Å². The third-order valence-corrected chi connectivity index (χ3v) is 2.15. The third-order valence-electron chi connectivity index (χ3n) is 2.15. The number of para-hydroxylation sites is 1. The summed E-state index contributed by atoms with van der Waals surface area (Å²) in [5, 5.41) is 11.3. The number of ether oxygens (including phenoxy) is 1. The van der Waals surface area contributed by atoms with Gasteiger partial charge in [0.05, 0.1) is 24.3 Å². The first-order valence-electron chi connectivity index (χ1n) is 5.48. The highest BCUT2D eigenvalue weighted by Crippen LogP contribution is 2.15. The number of alkyl halides is 2. The molecule has 0 saturated heterocycles. The van der Waals surface area contributed by atoms with Crippen LogP contribution >= 0.6 is 0 Å². The van der Waals surface area contributed by atoms with Gasteiger partial charge in [-0.3, -0.25) is 4.79 Å². The van der Waals surface area contributed by atoms with Gasteiger partial charge in [0.15, 0.2) is 0 Å². The third kappa shape index (κ3) is 5.43. The fourth-order valence-corrected chi connectivity index (χ4v) is 1.33. The summed E-state index contributed by atoms with van der Waals surface area (Å²) >= 11 is 0. The second kappa shape index (κ2) is 7.42. The molecule has 0 spiro atoms. The number of amides is 1. The molecule has 104 valence electrons. The van der Waals surface area contributed by atoms with Crippen LogP contribution in [0.1, 0.15) is 16.8 Å². The Kier molecular flexibility index (Phi) is 5.87. The topological polar surface area (TPSA) is 75.6 Å². The number of benzene rings is 1. The number of anilines is 1. The number of hydrogen-bond acceptors (Lipinski definition) is 3. The molecule has 2 N–H and O–H groups in total. The number of hydrogen-bond donors (Lipinski definition) is 2. The van der Waals surface area contributed by atoms with Gasteiger partial charge in [-0.1, -0.05) is 12.1 Å². The van der Waals surface area contributed by atoms with Gasteiger partial charge < -0.3 is 15.2 Å². The molecule has 0 aliphatic carbocycles. The average Bonchev–Trinajstić information content (AvgIpc) is 2.35. The van der Waals surface area contributed by atoms with Crippen molar-refractivity contribution in [1.29, 1.82) is 0 Å². The van der Waals surface area contributed by atoms with E-state index in [1.165, 1.54) is 18.2 Å². The number of carboxylic acids is 1. The minimum absolute atomic E-state index is 0.0376. The van der Waals surface area contributed by atoms with Gasteiger partial charge >= 0.3 is 5.97 Å². The van der Waals surface area contributed by atoms with Crippen LogP contribution in [0.15, 0.2) is 24.3 Å². The SMILES string of the molecule is O=C(CCOCC(F)F)Nc1ccccc1C(=O)O. The predicted molar refractivity (Wildman–Crippen MR) is 63.5 cm³/mol. The van der Waals surface area contributed by atoms with Crippen LogP contribution in [0, 0.1) is 0 Å². The number of nitrogens with one attached hydrogen (secondary N) is 1. The van der Waals surface area contributed by atoms with Crippen molar-refractivity contribution in [3.63, 3.8) is 0 Å². The fraction of sp³-hybridized carbons (Fsp3) is 0.333. The highest BCUT2D eigenvalue weighted by atomic mass is 19.3. The Labute approximate surface area is 108 Å². The molecule has 5 nitrogen and oxygen atoms in total. The molecule has 1 aromatic rings. The number of halogens is 2. The molecule has 0 aliphatic heterocycles. The summed E-state index contributed by atoms with van der Waals surface area (Å²) in [5.41, 5.74) is 0.123. The molecule has 0 aromatic heterocycles. The quantitative estimate of drug-likeness (QED) is 0.745. The number of carboxylic acid groups (broad SMARTS) is 1. The standard InChI is InChI=1S/C12H13F2NO4/c13-10(14)7-19-6-5-11(16)15-9-4-2-1-3-8(9)12(17)18/h1-4,10H,5-7H2,(H,15,16)(H,17,18). The van der Waals surface area contributed by atoms with E-state index in [4.69, 9.17) is 5.11 Å². The lowest BCUT2D eigenvalue weighted by atomic mass is 10.2. The molecular weight excluding hydrogens is 260 g/mol. The summed E-state index contributed by atoms with van der Waals surface area (Å²) in [6.07, 6.45) is -2.70. The van der Waals surface area contributed by atoms with Gasteiger partial charge in [-0.05, 0) is 12.1 Å². The molecule has 1 rings (SSSR count). The van der Waals surface area contributed by atoms with Crippen LogP contribution in [0.5, 0.6) is 0 Å². The first-order chi connectivity index (χ1) is 9.00. The van der Waals surface area contributed by atoms with E-state index < -0.39 is 24.9 Å².